The van der Waals surface area contributed by atoms with Gasteiger partial charge in [0.25, 0.3) is 0 Å². The summed E-state index contributed by atoms with van der Waals surface area (Å²) in [6.07, 6.45) is -0.329. The molecule has 0 aliphatic rings. The standard InChI is InChI=1S/C19H22N2O4/c1-13-8-4-5-9-14(13)17(25-3)12-20-18(22)19(23)21-15-10-6-7-11-16(15)24-2/h4-11,17H,12H2,1-3H3,(H,20,22)(H,21,23)/t17-/m1/s1. The van der Waals surface area contributed by atoms with Gasteiger partial charge < -0.3 is 20.1 Å². The number of hydrogen-bond acceptors (Lipinski definition) is 4. The van der Waals surface area contributed by atoms with E-state index in [0.717, 1.165) is 11.1 Å². The van der Waals surface area contributed by atoms with Crippen molar-refractivity contribution in [3.05, 3.63) is 59.7 Å². The summed E-state index contributed by atoms with van der Waals surface area (Å²) in [4.78, 5) is 24.1. The highest BCUT2D eigenvalue weighted by molar-refractivity contribution is 6.39. The predicted molar refractivity (Wildman–Crippen MR) is 95.6 cm³/mol. The fraction of sp³-hybridized carbons (Fsp3) is 0.263. The van der Waals surface area contributed by atoms with Gasteiger partial charge in [-0.1, -0.05) is 36.4 Å². The summed E-state index contributed by atoms with van der Waals surface area (Å²) in [7, 11) is 3.06. The molecule has 0 bridgehead atoms. The van der Waals surface area contributed by atoms with Crippen molar-refractivity contribution in [1.82, 2.24) is 5.32 Å². The third-order valence-electron chi connectivity index (χ3n) is 3.83. The summed E-state index contributed by atoms with van der Waals surface area (Å²) < 4.78 is 10.6. The van der Waals surface area contributed by atoms with E-state index in [1.807, 2.05) is 31.2 Å². The van der Waals surface area contributed by atoms with E-state index in [-0.39, 0.29) is 12.6 Å². The first-order valence-corrected chi connectivity index (χ1v) is 7.87. The number of para-hydroxylation sites is 2. The van der Waals surface area contributed by atoms with Crippen LogP contribution < -0.4 is 15.4 Å². The molecular formula is C19H22N2O4. The van der Waals surface area contributed by atoms with Crippen LogP contribution in [0.4, 0.5) is 5.69 Å². The molecule has 0 saturated heterocycles. The van der Waals surface area contributed by atoms with Gasteiger partial charge in [-0.15, -0.1) is 0 Å². The van der Waals surface area contributed by atoms with Gasteiger partial charge in [0.1, 0.15) is 5.75 Å². The minimum Gasteiger partial charge on any atom is -0.495 e. The van der Waals surface area contributed by atoms with E-state index < -0.39 is 11.8 Å². The Labute approximate surface area is 147 Å². The van der Waals surface area contributed by atoms with Crippen LogP contribution in [0.25, 0.3) is 0 Å². The lowest BCUT2D eigenvalue weighted by Gasteiger charge is -2.18. The average molecular weight is 342 g/mol. The Balaban J connectivity index is 1.97. The maximum Gasteiger partial charge on any atom is 0.313 e. The van der Waals surface area contributed by atoms with Crippen LogP contribution in [-0.4, -0.2) is 32.6 Å². The summed E-state index contributed by atoms with van der Waals surface area (Å²) in [5.74, 6) is -1.01. The fourth-order valence-corrected chi connectivity index (χ4v) is 2.46. The van der Waals surface area contributed by atoms with Crippen LogP contribution in [0.3, 0.4) is 0 Å². The second-order valence-electron chi connectivity index (χ2n) is 5.45. The Morgan fingerprint density at radius 2 is 1.68 bits per heavy atom. The zero-order valence-corrected chi connectivity index (χ0v) is 14.5. The molecule has 6 nitrogen and oxygen atoms in total. The molecule has 2 amide bonds. The van der Waals surface area contributed by atoms with Gasteiger partial charge in [0.2, 0.25) is 0 Å². The number of amides is 2. The Kier molecular flexibility index (Phi) is 6.54. The summed E-state index contributed by atoms with van der Waals surface area (Å²) in [6.45, 7) is 2.16. The average Bonchev–Trinajstić information content (AvgIpc) is 2.63. The van der Waals surface area contributed by atoms with E-state index in [0.29, 0.717) is 11.4 Å². The quantitative estimate of drug-likeness (QED) is 0.791. The lowest BCUT2D eigenvalue weighted by molar-refractivity contribution is -0.136. The monoisotopic (exact) mass is 342 g/mol. The first-order valence-electron chi connectivity index (χ1n) is 7.87. The minimum atomic E-state index is -0.760. The topological polar surface area (TPSA) is 76.7 Å². The van der Waals surface area contributed by atoms with Crippen molar-refractivity contribution in [2.75, 3.05) is 26.1 Å². The maximum absolute atomic E-state index is 12.1. The van der Waals surface area contributed by atoms with E-state index in [1.165, 1.54) is 7.11 Å². The van der Waals surface area contributed by atoms with Gasteiger partial charge in [0.15, 0.2) is 0 Å². The number of anilines is 1. The second-order valence-corrected chi connectivity index (χ2v) is 5.45. The van der Waals surface area contributed by atoms with Gasteiger partial charge in [-0.2, -0.15) is 0 Å². The van der Waals surface area contributed by atoms with Crippen LogP contribution in [0.2, 0.25) is 0 Å². The van der Waals surface area contributed by atoms with Crippen LogP contribution in [0.5, 0.6) is 5.75 Å². The molecule has 0 fully saturated rings. The molecule has 0 spiro atoms. The molecule has 132 valence electrons. The third kappa shape index (κ3) is 4.81. The molecule has 0 heterocycles. The molecule has 6 heteroatoms. The lowest BCUT2D eigenvalue weighted by atomic mass is 10.0. The number of hydrogen-bond donors (Lipinski definition) is 2. The number of aryl methyl sites for hydroxylation is 1. The van der Waals surface area contributed by atoms with Crippen molar-refractivity contribution in [3.8, 4) is 5.75 Å². The predicted octanol–water partition coefficient (Wildman–Crippen LogP) is 2.45. The molecule has 25 heavy (non-hydrogen) atoms. The van der Waals surface area contributed by atoms with Gasteiger partial charge in [-0.05, 0) is 30.2 Å². The van der Waals surface area contributed by atoms with E-state index in [4.69, 9.17) is 9.47 Å². The Bertz CT molecular complexity index is 746. The van der Waals surface area contributed by atoms with Crippen molar-refractivity contribution >= 4 is 17.5 Å². The van der Waals surface area contributed by atoms with Gasteiger partial charge >= 0.3 is 11.8 Å². The van der Waals surface area contributed by atoms with Crippen LogP contribution in [0.1, 0.15) is 17.2 Å². The molecule has 0 aromatic heterocycles. The number of benzene rings is 2. The zero-order valence-electron chi connectivity index (χ0n) is 14.5. The number of carbonyl (C=O) groups excluding carboxylic acids is 2. The SMILES string of the molecule is COc1ccccc1NC(=O)C(=O)NC[C@@H](OC)c1ccccc1C. The molecule has 0 unspecified atom stereocenters. The van der Waals surface area contributed by atoms with Crippen LogP contribution in [0, 0.1) is 6.92 Å². The van der Waals surface area contributed by atoms with Gasteiger partial charge in [-0.3, -0.25) is 9.59 Å². The minimum absolute atomic E-state index is 0.194. The van der Waals surface area contributed by atoms with E-state index >= 15 is 0 Å². The van der Waals surface area contributed by atoms with E-state index in [2.05, 4.69) is 10.6 Å². The van der Waals surface area contributed by atoms with Crippen molar-refractivity contribution in [3.63, 3.8) is 0 Å². The normalized spacial score (nSPS) is 11.5. The van der Waals surface area contributed by atoms with Gasteiger partial charge in [-0.25, -0.2) is 0 Å². The molecule has 1 atom stereocenters. The second kappa shape index (κ2) is 8.84. The molecule has 2 rings (SSSR count). The van der Waals surface area contributed by atoms with Crippen LogP contribution in [0.15, 0.2) is 48.5 Å². The molecule has 2 N–H and O–H groups in total. The van der Waals surface area contributed by atoms with Crippen LogP contribution in [-0.2, 0) is 14.3 Å². The van der Waals surface area contributed by atoms with E-state index in [9.17, 15) is 9.59 Å². The highest BCUT2D eigenvalue weighted by atomic mass is 16.5. The van der Waals surface area contributed by atoms with Crippen LogP contribution >= 0.6 is 0 Å². The molecule has 2 aromatic rings. The molecule has 0 saturated carbocycles. The highest BCUT2D eigenvalue weighted by Crippen LogP contribution is 2.23. The van der Waals surface area contributed by atoms with Crippen molar-refractivity contribution in [1.29, 1.82) is 0 Å². The highest BCUT2D eigenvalue weighted by Gasteiger charge is 2.19. The number of carbonyl (C=O) groups is 2. The van der Waals surface area contributed by atoms with Gasteiger partial charge in [0, 0.05) is 13.7 Å². The smallest absolute Gasteiger partial charge is 0.313 e. The molecule has 0 aliphatic heterocycles. The Hall–Kier alpha value is -2.86. The number of ether oxygens (including phenoxy) is 2. The summed E-state index contributed by atoms with van der Waals surface area (Å²) >= 11 is 0. The molecule has 0 aliphatic carbocycles. The largest absolute Gasteiger partial charge is 0.495 e. The number of nitrogens with one attached hydrogen (secondary N) is 2. The van der Waals surface area contributed by atoms with E-state index in [1.54, 1.807) is 31.4 Å². The van der Waals surface area contributed by atoms with Crippen molar-refractivity contribution in [2.45, 2.75) is 13.0 Å². The summed E-state index contributed by atoms with van der Waals surface area (Å²) in [5, 5.41) is 5.14. The lowest BCUT2D eigenvalue weighted by Crippen LogP contribution is -2.38. The number of rotatable bonds is 6. The fourth-order valence-electron chi connectivity index (χ4n) is 2.46. The molecular weight excluding hydrogens is 320 g/mol. The third-order valence-corrected chi connectivity index (χ3v) is 3.83. The van der Waals surface area contributed by atoms with Crippen molar-refractivity contribution in [2.24, 2.45) is 0 Å². The zero-order chi connectivity index (χ0) is 18.2. The number of methoxy groups -OCH3 is 2. The Morgan fingerprint density at radius 3 is 2.36 bits per heavy atom. The summed E-state index contributed by atoms with van der Waals surface area (Å²) in [6, 6.07) is 14.6. The van der Waals surface area contributed by atoms with Gasteiger partial charge in [0.05, 0.1) is 18.9 Å². The maximum atomic E-state index is 12.1. The van der Waals surface area contributed by atoms with Crippen molar-refractivity contribution < 1.29 is 19.1 Å². The Morgan fingerprint density at radius 1 is 1.00 bits per heavy atom. The summed E-state index contributed by atoms with van der Waals surface area (Å²) in [5.41, 5.74) is 2.46. The first-order chi connectivity index (χ1) is 12.1. The molecule has 0 radical (unpaired) electrons. The first kappa shape index (κ1) is 18.5. The molecule has 2 aromatic carbocycles.